The number of carbonyl (C=O) groups is 1. The van der Waals surface area contributed by atoms with E-state index >= 15 is 0 Å². The van der Waals surface area contributed by atoms with Crippen LogP contribution in [0.4, 0.5) is 13.2 Å². The number of carboxylic acid groups (broad SMARTS) is 1. The molecule has 0 aliphatic rings. The molecule has 0 aliphatic heterocycles. The number of aromatic nitrogens is 2. The number of halogens is 3. The molecule has 2 rings (SSSR count). The van der Waals surface area contributed by atoms with Crippen LogP contribution in [0.2, 0.25) is 0 Å². The van der Waals surface area contributed by atoms with E-state index in [0.29, 0.717) is 0 Å². The molecule has 8 heteroatoms. The number of benzene rings is 1. The fourth-order valence-corrected chi connectivity index (χ4v) is 1.75. The summed E-state index contributed by atoms with van der Waals surface area (Å²) < 4.78 is 39.1. The van der Waals surface area contributed by atoms with Crippen LogP contribution in [-0.2, 0) is 6.18 Å². The standard InChI is InChI=1S/C12H9F3N2O3/c1-6-2-3-7(4-8(6)12(13,14)15)17-10(18)5-9(16-17)11(19)20/h2-5,16H,1H3,(H,19,20). The molecule has 0 amide bonds. The SMILES string of the molecule is Cc1ccc(-n2[nH]c(C(=O)O)cc2=O)cc1C(F)(F)F. The molecule has 0 atom stereocenters. The Morgan fingerprint density at radius 1 is 1.30 bits per heavy atom. The topological polar surface area (TPSA) is 75.1 Å². The first-order chi connectivity index (χ1) is 9.20. The minimum absolute atomic E-state index is 0.0133. The second-order valence-corrected chi connectivity index (χ2v) is 4.15. The quantitative estimate of drug-likeness (QED) is 0.888. The van der Waals surface area contributed by atoms with E-state index in [4.69, 9.17) is 5.11 Å². The highest BCUT2D eigenvalue weighted by Gasteiger charge is 2.32. The number of aryl methyl sites for hydroxylation is 1. The van der Waals surface area contributed by atoms with Gasteiger partial charge in [-0.25, -0.2) is 9.48 Å². The van der Waals surface area contributed by atoms with Gasteiger partial charge in [-0.05, 0) is 24.6 Å². The van der Waals surface area contributed by atoms with Crippen LogP contribution in [0.15, 0.2) is 29.1 Å². The second-order valence-electron chi connectivity index (χ2n) is 4.15. The number of nitrogens with one attached hydrogen (secondary N) is 1. The summed E-state index contributed by atoms with van der Waals surface area (Å²) in [5, 5.41) is 11.0. The molecule has 1 heterocycles. The van der Waals surface area contributed by atoms with E-state index in [1.165, 1.54) is 19.1 Å². The molecule has 106 valence electrons. The number of alkyl halides is 3. The number of nitrogens with zero attached hydrogens (tertiary/aromatic N) is 1. The van der Waals surface area contributed by atoms with Crippen molar-refractivity contribution in [1.29, 1.82) is 0 Å². The Kier molecular flexibility index (Phi) is 3.16. The number of rotatable bonds is 2. The smallest absolute Gasteiger partial charge is 0.416 e. The van der Waals surface area contributed by atoms with Gasteiger partial charge in [-0.3, -0.25) is 9.89 Å². The van der Waals surface area contributed by atoms with Crippen LogP contribution in [-0.4, -0.2) is 20.9 Å². The molecule has 2 N–H and O–H groups in total. The van der Waals surface area contributed by atoms with E-state index in [1.807, 2.05) is 0 Å². The first kappa shape index (κ1) is 13.9. The highest BCUT2D eigenvalue weighted by molar-refractivity contribution is 5.85. The van der Waals surface area contributed by atoms with Crippen molar-refractivity contribution in [3.8, 4) is 5.69 Å². The molecule has 2 aromatic rings. The maximum Gasteiger partial charge on any atom is 0.416 e. The third-order valence-corrected chi connectivity index (χ3v) is 2.74. The Hall–Kier alpha value is -2.51. The average molecular weight is 286 g/mol. The summed E-state index contributed by atoms with van der Waals surface area (Å²) in [6.45, 7) is 1.30. The predicted octanol–water partition coefficient (Wildman–Crippen LogP) is 2.19. The highest BCUT2D eigenvalue weighted by Crippen LogP contribution is 2.32. The van der Waals surface area contributed by atoms with Gasteiger partial charge in [-0.2, -0.15) is 13.2 Å². The van der Waals surface area contributed by atoms with E-state index < -0.39 is 29.0 Å². The van der Waals surface area contributed by atoms with Crippen molar-refractivity contribution in [2.75, 3.05) is 0 Å². The summed E-state index contributed by atoms with van der Waals surface area (Å²) in [7, 11) is 0. The van der Waals surface area contributed by atoms with Crippen LogP contribution in [0.3, 0.4) is 0 Å². The van der Waals surface area contributed by atoms with E-state index in [2.05, 4.69) is 5.10 Å². The lowest BCUT2D eigenvalue weighted by atomic mass is 10.1. The number of hydrogen-bond acceptors (Lipinski definition) is 2. The average Bonchev–Trinajstić information content (AvgIpc) is 2.71. The summed E-state index contributed by atoms with van der Waals surface area (Å²) >= 11 is 0. The first-order valence-corrected chi connectivity index (χ1v) is 5.44. The number of aromatic carboxylic acids is 1. The third-order valence-electron chi connectivity index (χ3n) is 2.74. The van der Waals surface area contributed by atoms with Crippen LogP contribution >= 0.6 is 0 Å². The fourth-order valence-electron chi connectivity index (χ4n) is 1.75. The Morgan fingerprint density at radius 2 is 1.95 bits per heavy atom. The summed E-state index contributed by atoms with van der Waals surface area (Å²) in [6, 6.07) is 4.11. The third kappa shape index (κ3) is 2.44. The predicted molar refractivity (Wildman–Crippen MR) is 63.1 cm³/mol. The fraction of sp³-hybridized carbons (Fsp3) is 0.167. The van der Waals surface area contributed by atoms with E-state index in [-0.39, 0.29) is 11.3 Å². The molecular formula is C12H9F3N2O3. The summed E-state index contributed by atoms with van der Waals surface area (Å²) in [5.74, 6) is -1.37. The van der Waals surface area contributed by atoms with Crippen molar-refractivity contribution >= 4 is 5.97 Å². The van der Waals surface area contributed by atoms with Gasteiger partial charge in [0.15, 0.2) is 0 Å². The highest BCUT2D eigenvalue weighted by atomic mass is 19.4. The van der Waals surface area contributed by atoms with Crippen molar-refractivity contribution in [2.45, 2.75) is 13.1 Å². The van der Waals surface area contributed by atoms with Gasteiger partial charge in [-0.15, -0.1) is 0 Å². The van der Waals surface area contributed by atoms with Crippen molar-refractivity contribution in [3.63, 3.8) is 0 Å². The minimum atomic E-state index is -4.55. The largest absolute Gasteiger partial charge is 0.477 e. The van der Waals surface area contributed by atoms with Crippen LogP contribution in [0, 0.1) is 6.92 Å². The van der Waals surface area contributed by atoms with Crippen molar-refractivity contribution < 1.29 is 23.1 Å². The Bertz CT molecular complexity index is 728. The molecule has 0 saturated heterocycles. The van der Waals surface area contributed by atoms with Crippen LogP contribution in [0.25, 0.3) is 5.69 Å². The van der Waals surface area contributed by atoms with Gasteiger partial charge in [0.25, 0.3) is 5.56 Å². The number of hydrogen-bond donors (Lipinski definition) is 2. The zero-order valence-corrected chi connectivity index (χ0v) is 10.2. The summed E-state index contributed by atoms with van der Waals surface area (Å²) in [5.41, 5.74) is -2.10. The Morgan fingerprint density at radius 3 is 2.45 bits per heavy atom. The molecule has 1 aromatic carbocycles. The van der Waals surface area contributed by atoms with Gasteiger partial charge >= 0.3 is 12.1 Å². The molecule has 0 bridgehead atoms. The second kappa shape index (κ2) is 4.55. The van der Waals surface area contributed by atoms with Gasteiger partial charge in [0.1, 0.15) is 5.69 Å². The zero-order valence-electron chi connectivity index (χ0n) is 10.2. The monoisotopic (exact) mass is 286 g/mol. The number of aromatic amines is 1. The minimum Gasteiger partial charge on any atom is -0.477 e. The van der Waals surface area contributed by atoms with Crippen molar-refractivity contribution in [2.24, 2.45) is 0 Å². The molecular weight excluding hydrogens is 277 g/mol. The van der Waals surface area contributed by atoms with Crippen LogP contribution < -0.4 is 5.56 Å². The molecule has 0 unspecified atom stereocenters. The maximum absolute atomic E-state index is 12.8. The van der Waals surface area contributed by atoms with E-state index in [0.717, 1.165) is 16.8 Å². The zero-order chi connectivity index (χ0) is 15.1. The molecule has 0 spiro atoms. The number of H-pyrrole nitrogens is 1. The van der Waals surface area contributed by atoms with Gasteiger partial charge in [0, 0.05) is 6.07 Å². The lowest BCUT2D eigenvalue weighted by Crippen LogP contribution is -2.15. The van der Waals surface area contributed by atoms with Crippen LogP contribution in [0.1, 0.15) is 21.6 Å². The first-order valence-electron chi connectivity index (χ1n) is 5.44. The van der Waals surface area contributed by atoms with E-state index in [1.54, 1.807) is 0 Å². The van der Waals surface area contributed by atoms with Gasteiger partial charge < -0.3 is 5.11 Å². The Balaban J connectivity index is 2.60. The molecule has 0 aliphatic carbocycles. The molecule has 0 radical (unpaired) electrons. The Labute approximate surface area is 110 Å². The van der Waals surface area contributed by atoms with E-state index in [9.17, 15) is 22.8 Å². The lowest BCUT2D eigenvalue weighted by Gasteiger charge is -2.12. The molecule has 0 saturated carbocycles. The molecule has 5 nitrogen and oxygen atoms in total. The normalized spacial score (nSPS) is 11.6. The lowest BCUT2D eigenvalue weighted by molar-refractivity contribution is -0.138. The number of carboxylic acids is 1. The van der Waals surface area contributed by atoms with Crippen molar-refractivity contribution in [3.05, 3.63) is 51.4 Å². The molecule has 20 heavy (non-hydrogen) atoms. The summed E-state index contributed by atoms with van der Waals surface area (Å²) in [6.07, 6.45) is -4.55. The summed E-state index contributed by atoms with van der Waals surface area (Å²) in [4.78, 5) is 22.3. The molecule has 0 fully saturated rings. The maximum atomic E-state index is 12.8. The molecule has 1 aromatic heterocycles. The van der Waals surface area contributed by atoms with Crippen molar-refractivity contribution in [1.82, 2.24) is 9.78 Å². The van der Waals surface area contributed by atoms with Crippen LogP contribution in [0.5, 0.6) is 0 Å². The van der Waals surface area contributed by atoms with Gasteiger partial charge in [-0.1, -0.05) is 6.07 Å². The van der Waals surface area contributed by atoms with Gasteiger partial charge in [0.05, 0.1) is 11.3 Å². The van der Waals surface area contributed by atoms with Gasteiger partial charge in [0.2, 0.25) is 0 Å².